The summed E-state index contributed by atoms with van der Waals surface area (Å²) in [6.45, 7) is 16.5. The Morgan fingerprint density at radius 1 is 0.750 bits per heavy atom. The molecule has 1 aliphatic rings. The number of ether oxygens (including phenoxy) is 1. The van der Waals surface area contributed by atoms with Gasteiger partial charge in [0.15, 0.2) is 6.40 Å². The van der Waals surface area contributed by atoms with Crippen molar-refractivity contribution in [2.45, 2.75) is 207 Å². The number of nitrogens with zero attached hydrogens (tertiary/aromatic N) is 5. The highest BCUT2D eigenvalue weighted by Gasteiger charge is 2.45. The predicted octanol–water partition coefficient (Wildman–Crippen LogP) is 11.3. The van der Waals surface area contributed by atoms with Gasteiger partial charge in [0.25, 0.3) is 5.95 Å². The standard InChI is InChI=1S/C39H75N7O2/c1-8-11-13-14-15-16-17-18-19-20-21-22-23-24-25-26-28-48-32-41-36-43-35(40-31-33(10-3)27-12-9-2)44-37(45-36)42-34-29-38(4,5)46(47)39(6,7)30-34/h32-34,47H,8-31H2,1-7H3,(H2,40,42,43,44,45). The molecule has 0 saturated carbocycles. The summed E-state index contributed by atoms with van der Waals surface area (Å²) in [6, 6.07) is 0.101. The highest BCUT2D eigenvalue weighted by molar-refractivity contribution is 5.53. The third-order valence-corrected chi connectivity index (χ3v) is 10.0. The predicted molar refractivity (Wildman–Crippen MR) is 204 cm³/mol. The maximum absolute atomic E-state index is 10.8. The minimum absolute atomic E-state index is 0.101. The lowest BCUT2D eigenvalue weighted by Gasteiger charge is -2.51. The minimum atomic E-state index is -0.372. The van der Waals surface area contributed by atoms with Gasteiger partial charge in [0.1, 0.15) is 0 Å². The van der Waals surface area contributed by atoms with Gasteiger partial charge in [-0.15, -0.1) is 0 Å². The van der Waals surface area contributed by atoms with Gasteiger partial charge in [0.2, 0.25) is 11.9 Å². The Hall–Kier alpha value is -2.00. The molecule has 1 aromatic rings. The van der Waals surface area contributed by atoms with Crippen LogP contribution >= 0.6 is 0 Å². The topological polar surface area (TPSA) is 108 Å². The lowest BCUT2D eigenvalue weighted by Crippen LogP contribution is -2.61. The lowest BCUT2D eigenvalue weighted by atomic mass is 9.79. The van der Waals surface area contributed by atoms with E-state index in [4.69, 9.17) is 9.72 Å². The number of aliphatic imine (C=N–C) groups is 1. The zero-order valence-electron chi connectivity index (χ0n) is 32.3. The van der Waals surface area contributed by atoms with Gasteiger partial charge in [0.05, 0.1) is 6.61 Å². The Kier molecular flexibility index (Phi) is 21.3. The summed E-state index contributed by atoms with van der Waals surface area (Å²) in [6.07, 6.45) is 29.5. The van der Waals surface area contributed by atoms with Crippen LogP contribution in [0.2, 0.25) is 0 Å². The number of aromatic nitrogens is 3. The van der Waals surface area contributed by atoms with E-state index in [0.29, 0.717) is 30.4 Å². The van der Waals surface area contributed by atoms with E-state index in [1.807, 2.05) is 0 Å². The molecule has 1 atom stereocenters. The second kappa shape index (κ2) is 24.2. The molecule has 1 fully saturated rings. The van der Waals surface area contributed by atoms with Crippen molar-refractivity contribution < 1.29 is 9.94 Å². The monoisotopic (exact) mass is 674 g/mol. The summed E-state index contributed by atoms with van der Waals surface area (Å²) >= 11 is 0. The number of nitrogens with one attached hydrogen (secondary N) is 2. The number of hydrogen-bond acceptors (Lipinski definition) is 9. The first kappa shape index (κ1) is 42.2. The Labute approximate surface area is 295 Å². The first-order valence-electron chi connectivity index (χ1n) is 20.0. The molecule has 1 aliphatic heterocycles. The molecule has 0 aromatic carbocycles. The number of hydroxylamine groups is 2. The fourth-order valence-electron chi connectivity index (χ4n) is 7.17. The second-order valence-corrected chi connectivity index (χ2v) is 15.7. The molecule has 9 heteroatoms. The lowest BCUT2D eigenvalue weighted by molar-refractivity contribution is -0.243. The molecule has 2 heterocycles. The second-order valence-electron chi connectivity index (χ2n) is 15.7. The first-order valence-corrected chi connectivity index (χ1v) is 20.0. The summed E-state index contributed by atoms with van der Waals surface area (Å²) < 4.78 is 5.75. The molecule has 1 saturated heterocycles. The van der Waals surface area contributed by atoms with E-state index >= 15 is 0 Å². The first-order chi connectivity index (χ1) is 23.1. The van der Waals surface area contributed by atoms with Crippen LogP contribution in [0.15, 0.2) is 4.99 Å². The van der Waals surface area contributed by atoms with E-state index in [0.717, 1.165) is 32.2 Å². The van der Waals surface area contributed by atoms with Crippen LogP contribution in [-0.4, -0.2) is 61.9 Å². The molecular weight excluding hydrogens is 598 g/mol. The van der Waals surface area contributed by atoms with Crippen molar-refractivity contribution in [1.29, 1.82) is 0 Å². The Bertz CT molecular complexity index is 969. The Morgan fingerprint density at radius 3 is 1.77 bits per heavy atom. The van der Waals surface area contributed by atoms with Crippen LogP contribution in [0.1, 0.15) is 190 Å². The van der Waals surface area contributed by atoms with Gasteiger partial charge in [0, 0.05) is 23.7 Å². The maximum atomic E-state index is 10.8. The molecule has 9 nitrogen and oxygen atoms in total. The van der Waals surface area contributed by atoms with Crippen LogP contribution in [0.3, 0.4) is 0 Å². The molecule has 0 bridgehead atoms. The molecule has 3 N–H and O–H groups in total. The SMILES string of the molecule is CCCCCCCCCCCCCCCCCCOC=Nc1nc(NCC(CC)CCCC)nc(NC2CC(C)(C)N(O)C(C)(C)C2)n1. The molecule has 1 unspecified atom stereocenters. The van der Waals surface area contributed by atoms with Gasteiger partial charge in [-0.05, 0) is 59.3 Å². The van der Waals surface area contributed by atoms with Gasteiger partial charge in [-0.1, -0.05) is 136 Å². The van der Waals surface area contributed by atoms with Crippen molar-refractivity contribution in [3.8, 4) is 0 Å². The summed E-state index contributed by atoms with van der Waals surface area (Å²) in [5, 5.41) is 19.2. The molecule has 278 valence electrons. The van der Waals surface area contributed by atoms with Crippen molar-refractivity contribution in [1.82, 2.24) is 20.0 Å². The van der Waals surface area contributed by atoms with E-state index < -0.39 is 0 Å². The quantitative estimate of drug-likeness (QED) is 0.0458. The zero-order chi connectivity index (χ0) is 35.1. The van der Waals surface area contributed by atoms with Crippen LogP contribution in [0.5, 0.6) is 0 Å². The van der Waals surface area contributed by atoms with Gasteiger partial charge >= 0.3 is 0 Å². The molecular formula is C39H75N7O2. The number of piperidine rings is 1. The number of hydrogen-bond donors (Lipinski definition) is 3. The van der Waals surface area contributed by atoms with Gasteiger partial charge in [-0.2, -0.15) is 25.0 Å². The third kappa shape index (κ3) is 17.6. The van der Waals surface area contributed by atoms with Crippen molar-refractivity contribution in [2.75, 3.05) is 23.8 Å². The van der Waals surface area contributed by atoms with Gasteiger partial charge in [-0.3, -0.25) is 0 Å². The average Bonchev–Trinajstić information content (AvgIpc) is 3.04. The van der Waals surface area contributed by atoms with Crippen molar-refractivity contribution in [3.63, 3.8) is 0 Å². The maximum Gasteiger partial charge on any atom is 0.258 e. The summed E-state index contributed by atoms with van der Waals surface area (Å²) in [5.41, 5.74) is -0.745. The van der Waals surface area contributed by atoms with E-state index in [1.54, 1.807) is 0 Å². The van der Waals surface area contributed by atoms with Crippen LogP contribution in [0.4, 0.5) is 17.8 Å². The summed E-state index contributed by atoms with van der Waals surface area (Å²) in [7, 11) is 0. The highest BCUT2D eigenvalue weighted by atomic mass is 16.5. The molecule has 0 spiro atoms. The largest absolute Gasteiger partial charge is 0.483 e. The third-order valence-electron chi connectivity index (χ3n) is 10.0. The molecule has 0 radical (unpaired) electrons. The van der Waals surface area contributed by atoms with Crippen molar-refractivity contribution >= 4 is 24.2 Å². The molecule has 2 rings (SSSR count). The fraction of sp³-hybridized carbons (Fsp3) is 0.897. The van der Waals surface area contributed by atoms with E-state index in [-0.39, 0.29) is 17.1 Å². The van der Waals surface area contributed by atoms with Crippen molar-refractivity contribution in [3.05, 3.63) is 0 Å². The van der Waals surface area contributed by atoms with E-state index in [2.05, 4.69) is 74.1 Å². The van der Waals surface area contributed by atoms with E-state index in [9.17, 15) is 5.21 Å². The molecule has 0 aliphatic carbocycles. The van der Waals surface area contributed by atoms with E-state index in [1.165, 1.54) is 127 Å². The van der Waals surface area contributed by atoms with Gasteiger partial charge in [-0.25, -0.2) is 0 Å². The van der Waals surface area contributed by atoms with Crippen LogP contribution in [0.25, 0.3) is 0 Å². The van der Waals surface area contributed by atoms with Crippen LogP contribution in [0, 0.1) is 5.92 Å². The van der Waals surface area contributed by atoms with Crippen LogP contribution < -0.4 is 10.6 Å². The fourth-order valence-corrected chi connectivity index (χ4v) is 7.17. The van der Waals surface area contributed by atoms with Gasteiger partial charge < -0.3 is 20.6 Å². The van der Waals surface area contributed by atoms with Crippen LogP contribution in [-0.2, 0) is 4.74 Å². The average molecular weight is 674 g/mol. The summed E-state index contributed by atoms with van der Waals surface area (Å²) in [4.78, 5) is 18.4. The molecule has 0 amide bonds. The number of unbranched alkanes of at least 4 members (excludes halogenated alkanes) is 16. The minimum Gasteiger partial charge on any atom is -0.483 e. The smallest absolute Gasteiger partial charge is 0.258 e. The molecule has 1 aromatic heterocycles. The summed E-state index contributed by atoms with van der Waals surface area (Å²) in [5.74, 6) is 1.94. The number of anilines is 2. The Balaban J connectivity index is 1.75. The number of rotatable bonds is 28. The molecule has 48 heavy (non-hydrogen) atoms. The zero-order valence-corrected chi connectivity index (χ0v) is 32.3. The Morgan fingerprint density at radius 2 is 1.25 bits per heavy atom. The van der Waals surface area contributed by atoms with Crippen molar-refractivity contribution in [2.24, 2.45) is 10.9 Å². The normalized spacial score (nSPS) is 17.2. The highest BCUT2D eigenvalue weighted by Crippen LogP contribution is 2.37.